The van der Waals surface area contributed by atoms with Gasteiger partial charge in [0.25, 0.3) is 0 Å². The lowest BCUT2D eigenvalue weighted by atomic mass is 9.74. The highest BCUT2D eigenvalue weighted by Crippen LogP contribution is 2.49. The number of allylic oxidation sites excluding steroid dienone is 7. The number of anilines is 1. The van der Waals surface area contributed by atoms with Crippen LogP contribution in [-0.4, -0.2) is 36.6 Å². The molecule has 0 spiro atoms. The van der Waals surface area contributed by atoms with E-state index >= 15 is 0 Å². The van der Waals surface area contributed by atoms with E-state index in [0.717, 1.165) is 48.7 Å². The number of rotatable bonds is 10. The smallest absolute Gasteiger partial charge is 0.213 e. The van der Waals surface area contributed by atoms with Gasteiger partial charge in [-0.05, 0) is 77.4 Å². The van der Waals surface area contributed by atoms with Crippen molar-refractivity contribution in [3.8, 4) is 11.5 Å². The Balaban J connectivity index is 1.22. The van der Waals surface area contributed by atoms with Crippen LogP contribution in [0.15, 0.2) is 151 Å². The molecule has 1 aliphatic carbocycles. The molecule has 4 aromatic rings. The Kier molecular flexibility index (Phi) is 8.90. The van der Waals surface area contributed by atoms with Crippen LogP contribution in [0.2, 0.25) is 0 Å². The molecule has 0 bridgehead atoms. The molecule has 0 amide bonds. The Morgan fingerprint density at radius 3 is 2.10 bits per heavy atom. The molecule has 4 nitrogen and oxygen atoms in total. The molecule has 2 aliphatic heterocycles. The summed E-state index contributed by atoms with van der Waals surface area (Å²) < 4.78 is 14.7. The maximum absolute atomic E-state index is 6.20. The molecule has 3 aliphatic rings. The number of nitrogens with zero attached hydrogens (tertiary/aromatic N) is 2. The number of benzene rings is 4. The molecule has 0 fully saturated rings. The summed E-state index contributed by atoms with van der Waals surface area (Å²) in [5, 5.41) is 0. The van der Waals surface area contributed by atoms with E-state index in [1.165, 1.54) is 39.3 Å². The Morgan fingerprint density at radius 2 is 1.37 bits per heavy atom. The molecular formula is C45H47N2O2+. The molecule has 49 heavy (non-hydrogen) atoms. The van der Waals surface area contributed by atoms with Crippen molar-refractivity contribution in [3.05, 3.63) is 162 Å². The van der Waals surface area contributed by atoms with Crippen molar-refractivity contribution >= 4 is 22.7 Å². The molecule has 7 rings (SSSR count). The summed E-state index contributed by atoms with van der Waals surface area (Å²) in [5.74, 6) is 1.79. The minimum atomic E-state index is -0.138. The second kappa shape index (κ2) is 13.4. The van der Waals surface area contributed by atoms with E-state index in [1.807, 2.05) is 60.7 Å². The number of fused-ring (bicyclic) bond motifs is 2. The van der Waals surface area contributed by atoms with Crippen LogP contribution in [0.1, 0.15) is 51.7 Å². The zero-order valence-electron chi connectivity index (χ0n) is 29.3. The summed E-state index contributed by atoms with van der Waals surface area (Å²) in [6.07, 6.45) is 9.28. The topological polar surface area (TPSA) is 24.7 Å². The molecule has 0 N–H and O–H groups in total. The first-order valence-electron chi connectivity index (χ1n) is 17.5. The fourth-order valence-electron chi connectivity index (χ4n) is 7.73. The van der Waals surface area contributed by atoms with Gasteiger partial charge < -0.3 is 14.4 Å². The summed E-state index contributed by atoms with van der Waals surface area (Å²) in [6.45, 7) is 16.8. The van der Waals surface area contributed by atoms with E-state index in [-0.39, 0.29) is 10.8 Å². The third-order valence-corrected chi connectivity index (χ3v) is 9.95. The fraction of sp³-hybridized carbons (Fsp3) is 0.267. The highest BCUT2D eigenvalue weighted by Gasteiger charge is 2.40. The largest absolute Gasteiger partial charge is 0.492 e. The van der Waals surface area contributed by atoms with Crippen molar-refractivity contribution in [2.45, 2.75) is 46.0 Å². The Hall–Kier alpha value is -5.09. The summed E-state index contributed by atoms with van der Waals surface area (Å²) in [6, 6.07) is 37.6. The van der Waals surface area contributed by atoms with Gasteiger partial charge in [-0.25, -0.2) is 0 Å². The van der Waals surface area contributed by atoms with Gasteiger partial charge in [-0.3, -0.25) is 0 Å². The van der Waals surface area contributed by atoms with Crippen LogP contribution >= 0.6 is 0 Å². The molecule has 0 unspecified atom stereocenters. The zero-order chi connectivity index (χ0) is 34.0. The highest BCUT2D eigenvalue weighted by atomic mass is 16.5. The van der Waals surface area contributed by atoms with Crippen molar-refractivity contribution < 1.29 is 14.0 Å². The van der Waals surface area contributed by atoms with Gasteiger partial charge in [0.05, 0.1) is 17.7 Å². The number of hydrogen-bond donors (Lipinski definition) is 0. The molecule has 2 heterocycles. The van der Waals surface area contributed by atoms with Gasteiger partial charge in [0, 0.05) is 28.9 Å². The van der Waals surface area contributed by atoms with Crippen LogP contribution in [-0.2, 0) is 5.41 Å². The molecule has 0 saturated carbocycles. The predicted molar refractivity (Wildman–Crippen MR) is 203 cm³/mol. The first-order chi connectivity index (χ1) is 23.7. The average Bonchev–Trinajstić information content (AvgIpc) is 3.47. The normalized spacial score (nSPS) is 19.2. The molecule has 4 heteroatoms. The monoisotopic (exact) mass is 647 g/mol. The fourth-order valence-corrected chi connectivity index (χ4v) is 7.73. The third-order valence-electron chi connectivity index (χ3n) is 9.95. The van der Waals surface area contributed by atoms with Crippen LogP contribution in [0.25, 0.3) is 5.57 Å². The van der Waals surface area contributed by atoms with Crippen LogP contribution in [0.5, 0.6) is 11.5 Å². The minimum Gasteiger partial charge on any atom is -0.492 e. The minimum absolute atomic E-state index is 0.110. The van der Waals surface area contributed by atoms with Gasteiger partial charge in [0.1, 0.15) is 24.7 Å². The van der Waals surface area contributed by atoms with Gasteiger partial charge in [-0.1, -0.05) is 107 Å². The maximum Gasteiger partial charge on any atom is 0.213 e. The van der Waals surface area contributed by atoms with Crippen molar-refractivity contribution in [2.24, 2.45) is 5.41 Å². The van der Waals surface area contributed by atoms with E-state index in [0.29, 0.717) is 13.2 Å². The lowest BCUT2D eigenvalue weighted by Gasteiger charge is -2.33. The maximum atomic E-state index is 6.20. The number of ether oxygens (including phenoxy) is 2. The molecule has 0 saturated heterocycles. The zero-order valence-corrected chi connectivity index (χ0v) is 29.3. The lowest BCUT2D eigenvalue weighted by Crippen LogP contribution is -2.30. The standard InChI is InChI=1S/C45H47N2O2/c1-33-38-20-12-14-22-40(38)46(24-26-48-36-16-8-6-9-17-36)42(33)29-34-28-35(32-44(2,3)31-34)30-43-45(4,5)39-21-13-15-23-41(39)47(43)25-27-49-37-18-10-7-11-19-37/h6-23,28-30H,1,24-27,31-32H2,2-5H3/q+1. The Bertz CT molecular complexity index is 1980. The summed E-state index contributed by atoms with van der Waals surface area (Å²) in [7, 11) is 0. The number of para-hydroxylation sites is 4. The van der Waals surface area contributed by atoms with Crippen molar-refractivity contribution in [3.63, 3.8) is 0 Å². The van der Waals surface area contributed by atoms with Crippen LogP contribution < -0.4 is 14.4 Å². The number of hydrogen-bond acceptors (Lipinski definition) is 3. The van der Waals surface area contributed by atoms with Crippen LogP contribution in [0.4, 0.5) is 11.4 Å². The highest BCUT2D eigenvalue weighted by molar-refractivity contribution is 6.29. The van der Waals surface area contributed by atoms with Gasteiger partial charge in [0.15, 0.2) is 6.54 Å². The second-order valence-electron chi connectivity index (χ2n) is 14.6. The molecule has 0 atom stereocenters. The lowest BCUT2D eigenvalue weighted by molar-refractivity contribution is -0.438. The van der Waals surface area contributed by atoms with Crippen molar-refractivity contribution in [1.82, 2.24) is 0 Å². The van der Waals surface area contributed by atoms with Gasteiger partial charge in [-0.15, -0.1) is 0 Å². The van der Waals surface area contributed by atoms with Gasteiger partial charge in [-0.2, -0.15) is 4.58 Å². The van der Waals surface area contributed by atoms with Gasteiger partial charge >= 0.3 is 0 Å². The quantitative estimate of drug-likeness (QED) is 0.160. The van der Waals surface area contributed by atoms with Crippen molar-refractivity contribution in [1.29, 1.82) is 0 Å². The van der Waals surface area contributed by atoms with Crippen molar-refractivity contribution in [2.75, 3.05) is 31.2 Å². The molecule has 0 aromatic heterocycles. The third kappa shape index (κ3) is 6.78. The van der Waals surface area contributed by atoms with E-state index in [2.05, 4.69) is 111 Å². The van der Waals surface area contributed by atoms with E-state index in [1.54, 1.807) is 0 Å². The summed E-state index contributed by atoms with van der Waals surface area (Å²) >= 11 is 0. The average molecular weight is 648 g/mol. The van der Waals surface area contributed by atoms with E-state index in [9.17, 15) is 0 Å². The second-order valence-corrected chi connectivity index (χ2v) is 14.6. The van der Waals surface area contributed by atoms with E-state index < -0.39 is 0 Å². The Labute approximate surface area is 292 Å². The molecular weight excluding hydrogens is 601 g/mol. The van der Waals surface area contributed by atoms with Crippen LogP contribution in [0, 0.1) is 5.41 Å². The summed E-state index contributed by atoms with van der Waals surface area (Å²) in [4.78, 5) is 2.47. The molecule has 4 aromatic carbocycles. The SMILES string of the molecule is C=C1C(/C=C2C=C(/C=C3/N(CCOc4ccccc4)c4ccccc4C3(C)C)CC(C)(C)C/2)=[N+](CCOc2ccccc2)c2ccccc21. The van der Waals surface area contributed by atoms with E-state index in [4.69, 9.17) is 9.47 Å². The Morgan fingerprint density at radius 1 is 0.735 bits per heavy atom. The first-order valence-corrected chi connectivity index (χ1v) is 17.5. The van der Waals surface area contributed by atoms with Gasteiger partial charge in [0.2, 0.25) is 11.4 Å². The first kappa shape index (κ1) is 32.5. The van der Waals surface area contributed by atoms with Crippen LogP contribution in [0.3, 0.4) is 0 Å². The predicted octanol–water partition coefficient (Wildman–Crippen LogP) is 10.3. The molecule has 248 valence electrons. The summed E-state index contributed by atoms with van der Waals surface area (Å²) in [5.41, 5.74) is 11.2. The molecule has 0 radical (unpaired) electrons.